The van der Waals surface area contributed by atoms with E-state index < -0.39 is 301 Å². The number of amides is 8. The normalized spacial score (nSPS) is 17.8. The van der Waals surface area contributed by atoms with E-state index in [1.165, 1.54) is 13.8 Å². The Labute approximate surface area is 543 Å². The number of hydrogen-bond donors (Lipinski definition) is 29. The molecule has 0 aliphatic heterocycles. The van der Waals surface area contributed by atoms with Crippen LogP contribution in [0.1, 0.15) is 78.1 Å². The molecule has 41 nitrogen and oxygen atoms in total. The molecule has 0 heterocycles. The molecule has 8 amide bonds. The van der Waals surface area contributed by atoms with Crippen LogP contribution < -0.4 is 54.0 Å². The highest BCUT2D eigenvalue weighted by atomic mass is 33.1. The summed E-state index contributed by atoms with van der Waals surface area (Å²) in [4.78, 5) is 157. The topological polar surface area (TPSA) is 737 Å². The van der Waals surface area contributed by atoms with Gasteiger partial charge in [0.15, 0.2) is 0 Å². The molecular formula is C51H90N10O31S2. The number of carboxylic acid groups (broad SMARTS) is 4. The van der Waals surface area contributed by atoms with Gasteiger partial charge in [0.2, 0.25) is 47.3 Å². The van der Waals surface area contributed by atoms with Crippen LogP contribution in [0.25, 0.3) is 0 Å². The minimum Gasteiger partial charge on any atom is -0.481 e. The Bertz CT molecular complexity index is 2460. The second kappa shape index (κ2) is 44.4. The first-order valence-corrected chi connectivity index (χ1v) is 31.0. The van der Waals surface area contributed by atoms with Gasteiger partial charge in [0.1, 0.15) is 91.2 Å². The maximum Gasteiger partial charge on any atom is 0.327 e. The van der Waals surface area contributed by atoms with Gasteiger partial charge in [-0.2, -0.15) is 0 Å². The third-order valence-corrected chi connectivity index (χ3v) is 17.1. The molecule has 31 N–H and O–H groups in total. The van der Waals surface area contributed by atoms with Gasteiger partial charge in [-0.25, -0.2) is 4.79 Å². The first-order chi connectivity index (χ1) is 43.7. The summed E-state index contributed by atoms with van der Waals surface area (Å²) in [7, 11) is 1.55. The number of aliphatic hydroxyl groups is 15. The van der Waals surface area contributed by atoms with Crippen LogP contribution in [0.15, 0.2) is 0 Å². The number of rotatable bonds is 50. The second-order valence-electron chi connectivity index (χ2n) is 21.8. The molecule has 0 saturated carbocycles. The maximum absolute atomic E-state index is 14.4. The summed E-state index contributed by atoms with van der Waals surface area (Å²) in [5.41, 5.74) is 11.7. The zero-order chi connectivity index (χ0) is 72.5. The van der Waals surface area contributed by atoms with Crippen molar-refractivity contribution in [3.63, 3.8) is 0 Å². The van der Waals surface area contributed by atoms with Crippen molar-refractivity contribution in [2.24, 2.45) is 11.5 Å². The quantitative estimate of drug-likeness (QED) is 0.0252. The first-order valence-electron chi connectivity index (χ1n) is 28.7. The lowest BCUT2D eigenvalue weighted by atomic mass is 10.0. The summed E-state index contributed by atoms with van der Waals surface area (Å²) in [6.45, 7) is -2.78. The predicted molar refractivity (Wildman–Crippen MR) is 319 cm³/mol. The van der Waals surface area contributed by atoms with E-state index in [-0.39, 0.29) is 0 Å². The zero-order valence-electron chi connectivity index (χ0n) is 50.9. The molecule has 0 bridgehead atoms. The van der Waals surface area contributed by atoms with Gasteiger partial charge in [0, 0.05) is 62.2 Å². The van der Waals surface area contributed by atoms with Crippen molar-refractivity contribution in [1.29, 1.82) is 0 Å². The summed E-state index contributed by atoms with van der Waals surface area (Å²) >= 11 is 0. The summed E-state index contributed by atoms with van der Waals surface area (Å²) in [5, 5.41) is 203. The van der Waals surface area contributed by atoms with Crippen molar-refractivity contribution in [2.45, 2.75) is 198 Å². The monoisotopic (exact) mass is 1400 g/mol. The molecule has 0 rings (SSSR count). The minimum absolute atomic E-state index is 0.524. The van der Waals surface area contributed by atoms with Crippen molar-refractivity contribution in [3.05, 3.63) is 0 Å². The summed E-state index contributed by atoms with van der Waals surface area (Å²) in [5.74, 6) is -16.9. The molecule has 0 radical (unpaired) electrons. The van der Waals surface area contributed by atoms with E-state index in [0.717, 1.165) is 21.6 Å². The second-order valence-corrected chi connectivity index (χ2v) is 24.8. The fourth-order valence-corrected chi connectivity index (χ4v) is 10.5. The molecular weight excluding hydrogens is 1310 g/mol. The number of aliphatic carboxylic acids is 4. The van der Waals surface area contributed by atoms with Crippen molar-refractivity contribution in [2.75, 3.05) is 45.2 Å². The summed E-state index contributed by atoms with van der Waals surface area (Å²) in [6.07, 6.45) is -32.5. The van der Waals surface area contributed by atoms with E-state index in [0.29, 0.717) is 0 Å². The highest BCUT2D eigenvalue weighted by Gasteiger charge is 2.38. The lowest BCUT2D eigenvalue weighted by Gasteiger charge is -2.28. The van der Waals surface area contributed by atoms with Crippen molar-refractivity contribution in [1.82, 2.24) is 42.5 Å². The van der Waals surface area contributed by atoms with E-state index >= 15 is 0 Å². The Morgan fingerprint density at radius 2 is 0.638 bits per heavy atom. The molecule has 0 aliphatic carbocycles. The molecule has 0 aromatic rings. The average molecular weight is 1400 g/mol. The van der Waals surface area contributed by atoms with Gasteiger partial charge in [0.25, 0.3) is 0 Å². The van der Waals surface area contributed by atoms with Crippen molar-refractivity contribution >= 4 is 92.7 Å². The van der Waals surface area contributed by atoms with Gasteiger partial charge in [-0.05, 0) is 46.0 Å². The number of carbonyl (C=O) groups is 12. The first kappa shape index (κ1) is 87.7. The fraction of sp³-hybridized carbons (Fsp3) is 0.765. The minimum atomic E-state index is -2.18. The van der Waals surface area contributed by atoms with Crippen LogP contribution in [0.3, 0.4) is 0 Å². The molecule has 19 atom stereocenters. The number of carbonyl (C=O) groups excluding carboxylic acids is 8. The van der Waals surface area contributed by atoms with E-state index in [2.05, 4.69) is 42.5 Å². The van der Waals surface area contributed by atoms with Crippen LogP contribution in [-0.2, 0) is 57.5 Å². The third kappa shape index (κ3) is 32.9. The number of aliphatic hydroxyl groups excluding tert-OH is 15. The van der Waals surface area contributed by atoms with Gasteiger partial charge in [0.05, 0.1) is 44.2 Å². The van der Waals surface area contributed by atoms with Gasteiger partial charge in [-0.3, -0.25) is 52.7 Å². The lowest BCUT2D eigenvalue weighted by Crippen LogP contribution is -2.59. The number of nitrogens with two attached hydrogens (primary N) is 2. The van der Waals surface area contributed by atoms with Crippen LogP contribution in [0, 0.1) is 0 Å². The van der Waals surface area contributed by atoms with Crippen LogP contribution in [0.5, 0.6) is 0 Å². The molecule has 0 aromatic carbocycles. The Morgan fingerprint density at radius 1 is 0.372 bits per heavy atom. The van der Waals surface area contributed by atoms with Gasteiger partial charge in [-0.1, -0.05) is 21.6 Å². The predicted octanol–water partition coefficient (Wildman–Crippen LogP) is -13.9. The molecule has 0 aliphatic rings. The highest BCUT2D eigenvalue weighted by molar-refractivity contribution is 8.77. The van der Waals surface area contributed by atoms with Crippen LogP contribution in [0.2, 0.25) is 0 Å². The van der Waals surface area contributed by atoms with Crippen molar-refractivity contribution < 1.29 is 155 Å². The maximum atomic E-state index is 14.4. The fourth-order valence-electron chi connectivity index (χ4n) is 7.70. The standard InChI is InChI=1S/C51H90N10O31S2/c1-51(2,43(53)50(91)92)94-93-19-25(49(89)90)61-48(88)22(5-10-34(73)56-15-28(67)39(80)42(83)31(70)18-64)59-47(87)24(7-12-36(76)77)60-45(85)21(4-9-33(72)55-14-27(66)38(79)41(82)30(69)17-63)58-46(86)23(6-11-35(74)75)57-44(84)20(52)3-8-32(71)54-13-26(65)37(78)40(81)29(68)16-62/h20-31,37-43,62-70,78-83H,3-19,52-53H2,1-2H3,(H,54,71)(H,55,72)(H,56,73)(H,57,84)(H,58,86)(H,59,87)(H,60,85)(H,61,88)(H,74,75)(H,76,77)(H,89,90)(H,91,92). The van der Waals surface area contributed by atoms with Crippen LogP contribution in [0.4, 0.5) is 0 Å². The molecule has 542 valence electrons. The molecule has 43 heteroatoms. The molecule has 94 heavy (non-hydrogen) atoms. The molecule has 0 spiro atoms. The Morgan fingerprint density at radius 3 is 0.915 bits per heavy atom. The lowest BCUT2D eigenvalue weighted by molar-refractivity contribution is -0.142. The average Bonchev–Trinajstić information content (AvgIpc) is 1.61. The number of hydrogen-bond acceptors (Lipinski definition) is 31. The zero-order valence-corrected chi connectivity index (χ0v) is 52.5. The SMILES string of the molecule is CC(C)(SSCC(NC(=O)C(CCC(=O)NCC(O)C(O)C(O)C(O)CO)NC(=O)C(CCC(=O)O)NC(=O)C(CCC(=O)NCC(O)C(O)C(O)C(O)CO)NC(=O)C(CCC(=O)O)NC(=O)C(N)CCC(=O)NCC(O)C(O)C(O)C(O)CO)C(=O)O)C(N)C(=O)O. The Balaban J connectivity index is 7.30. The highest BCUT2D eigenvalue weighted by Crippen LogP contribution is 2.38. The smallest absolute Gasteiger partial charge is 0.327 e. The van der Waals surface area contributed by atoms with Crippen molar-refractivity contribution in [3.8, 4) is 0 Å². The van der Waals surface area contributed by atoms with E-state index in [4.69, 9.17) is 26.8 Å². The van der Waals surface area contributed by atoms with E-state index in [1.807, 2.05) is 0 Å². The van der Waals surface area contributed by atoms with Crippen LogP contribution >= 0.6 is 21.6 Å². The Hall–Kier alpha value is -6.34. The van der Waals surface area contributed by atoms with Gasteiger partial charge in [-0.15, -0.1) is 0 Å². The number of carboxylic acids is 4. The molecule has 0 fully saturated rings. The largest absolute Gasteiger partial charge is 0.481 e. The molecule has 19 unspecified atom stereocenters. The summed E-state index contributed by atoms with van der Waals surface area (Å²) < 4.78 is -1.25. The molecule has 0 aromatic heterocycles. The van der Waals surface area contributed by atoms with E-state index in [9.17, 15) is 139 Å². The van der Waals surface area contributed by atoms with Crippen LogP contribution in [-0.4, -0.2) is 334 Å². The van der Waals surface area contributed by atoms with Gasteiger partial charge < -0.3 is 151 Å². The van der Waals surface area contributed by atoms with Gasteiger partial charge >= 0.3 is 23.9 Å². The Kier molecular flexibility index (Phi) is 41.4. The molecule has 0 saturated heterocycles. The summed E-state index contributed by atoms with van der Waals surface area (Å²) in [6, 6.07) is -13.3. The van der Waals surface area contributed by atoms with E-state index in [1.54, 1.807) is 0 Å². The third-order valence-electron chi connectivity index (χ3n) is 13.8. The number of nitrogens with one attached hydrogen (secondary N) is 8.